The highest BCUT2D eigenvalue weighted by Crippen LogP contribution is 2.39. The second kappa shape index (κ2) is 4.20. The Morgan fingerprint density at radius 2 is 2.29 bits per heavy atom. The number of oxazole rings is 1. The van der Waals surface area contributed by atoms with Gasteiger partial charge in [-0.3, -0.25) is 9.59 Å². The van der Waals surface area contributed by atoms with E-state index in [1.165, 1.54) is 0 Å². The Morgan fingerprint density at radius 1 is 1.59 bits per heavy atom. The molecule has 1 aromatic heterocycles. The number of nitrogens with one attached hydrogen (secondary N) is 1. The van der Waals surface area contributed by atoms with Gasteiger partial charge in [-0.25, -0.2) is 4.98 Å². The summed E-state index contributed by atoms with van der Waals surface area (Å²) in [7, 11) is 0. The SMILES string of the molecule is Cc1cnc(C(C)NC(=O)C2CC2C(=O)O)o1. The quantitative estimate of drug-likeness (QED) is 0.812. The number of carbonyl (C=O) groups is 2. The van der Waals surface area contributed by atoms with Crippen LogP contribution in [-0.4, -0.2) is 22.0 Å². The lowest BCUT2D eigenvalue weighted by Gasteiger charge is -2.09. The second-order valence-corrected chi connectivity index (χ2v) is 4.33. The summed E-state index contributed by atoms with van der Waals surface area (Å²) in [6.45, 7) is 3.52. The molecule has 1 heterocycles. The molecular formula is C11H14N2O4. The molecule has 0 aromatic carbocycles. The number of aryl methyl sites for hydroxylation is 1. The van der Waals surface area contributed by atoms with Crippen molar-refractivity contribution < 1.29 is 19.1 Å². The lowest BCUT2D eigenvalue weighted by Crippen LogP contribution is -2.29. The van der Waals surface area contributed by atoms with Crippen molar-refractivity contribution in [1.29, 1.82) is 0 Å². The number of carbonyl (C=O) groups excluding carboxylic acids is 1. The van der Waals surface area contributed by atoms with Gasteiger partial charge in [-0.2, -0.15) is 0 Å². The van der Waals surface area contributed by atoms with Gasteiger partial charge in [0.2, 0.25) is 11.8 Å². The van der Waals surface area contributed by atoms with Gasteiger partial charge >= 0.3 is 5.97 Å². The Kier molecular flexibility index (Phi) is 2.87. The minimum absolute atomic E-state index is 0.249. The summed E-state index contributed by atoms with van der Waals surface area (Å²) in [5.74, 6) is -0.996. The van der Waals surface area contributed by atoms with E-state index in [-0.39, 0.29) is 11.9 Å². The zero-order valence-electron chi connectivity index (χ0n) is 9.64. The summed E-state index contributed by atoms with van der Waals surface area (Å²) < 4.78 is 5.28. The fourth-order valence-electron chi connectivity index (χ4n) is 1.71. The summed E-state index contributed by atoms with van der Waals surface area (Å²) in [4.78, 5) is 26.3. The minimum atomic E-state index is -0.912. The van der Waals surface area contributed by atoms with Gasteiger partial charge in [0.05, 0.1) is 18.0 Å². The maximum Gasteiger partial charge on any atom is 0.307 e. The van der Waals surface area contributed by atoms with Crippen molar-refractivity contribution in [1.82, 2.24) is 10.3 Å². The maximum absolute atomic E-state index is 11.7. The number of rotatable bonds is 4. The number of nitrogens with zero attached hydrogens (tertiary/aromatic N) is 1. The molecule has 2 rings (SSSR count). The van der Waals surface area contributed by atoms with E-state index in [2.05, 4.69) is 10.3 Å². The fourth-order valence-corrected chi connectivity index (χ4v) is 1.71. The summed E-state index contributed by atoms with van der Waals surface area (Å²) in [5, 5.41) is 11.4. The number of carboxylic acid groups (broad SMARTS) is 1. The van der Waals surface area contributed by atoms with Crippen LogP contribution in [0.5, 0.6) is 0 Å². The normalized spacial score (nSPS) is 24.1. The summed E-state index contributed by atoms with van der Waals surface area (Å²) in [6.07, 6.45) is 1.99. The van der Waals surface area contributed by atoms with Gasteiger partial charge < -0.3 is 14.8 Å². The van der Waals surface area contributed by atoms with Crippen LogP contribution in [0.1, 0.15) is 31.0 Å². The van der Waals surface area contributed by atoms with Gasteiger partial charge in [0.15, 0.2) is 0 Å². The molecule has 17 heavy (non-hydrogen) atoms. The second-order valence-electron chi connectivity index (χ2n) is 4.33. The molecular weight excluding hydrogens is 224 g/mol. The van der Waals surface area contributed by atoms with Crippen molar-refractivity contribution in [2.24, 2.45) is 11.8 Å². The summed E-state index contributed by atoms with van der Waals surface area (Å²) in [6, 6.07) is -0.341. The van der Waals surface area contributed by atoms with Gasteiger partial charge in [-0.1, -0.05) is 0 Å². The van der Waals surface area contributed by atoms with Crippen LogP contribution in [0.25, 0.3) is 0 Å². The molecule has 1 saturated carbocycles. The first-order valence-electron chi connectivity index (χ1n) is 5.44. The molecule has 6 nitrogen and oxygen atoms in total. The van der Waals surface area contributed by atoms with Crippen LogP contribution in [0.2, 0.25) is 0 Å². The van der Waals surface area contributed by atoms with Gasteiger partial charge in [-0.05, 0) is 20.3 Å². The van der Waals surface area contributed by atoms with Crippen LogP contribution in [0.4, 0.5) is 0 Å². The van der Waals surface area contributed by atoms with E-state index in [1.807, 2.05) is 0 Å². The Hall–Kier alpha value is -1.85. The highest BCUT2D eigenvalue weighted by Gasteiger charge is 2.48. The molecule has 1 fully saturated rings. The highest BCUT2D eigenvalue weighted by molar-refractivity contribution is 5.89. The predicted octanol–water partition coefficient (Wildman–Crippen LogP) is 0.881. The van der Waals surface area contributed by atoms with Crippen molar-refractivity contribution in [2.45, 2.75) is 26.3 Å². The molecule has 6 heteroatoms. The average molecular weight is 238 g/mol. The Balaban J connectivity index is 1.90. The van der Waals surface area contributed by atoms with Crippen molar-refractivity contribution >= 4 is 11.9 Å². The smallest absolute Gasteiger partial charge is 0.307 e. The van der Waals surface area contributed by atoms with Crippen LogP contribution in [0.15, 0.2) is 10.6 Å². The Bertz CT molecular complexity index is 454. The topological polar surface area (TPSA) is 92.4 Å². The molecule has 1 aromatic rings. The molecule has 0 spiro atoms. The van der Waals surface area contributed by atoms with E-state index in [0.29, 0.717) is 18.1 Å². The van der Waals surface area contributed by atoms with E-state index in [9.17, 15) is 9.59 Å². The average Bonchev–Trinajstić information content (AvgIpc) is 2.95. The predicted molar refractivity (Wildman–Crippen MR) is 57.0 cm³/mol. The highest BCUT2D eigenvalue weighted by atomic mass is 16.4. The van der Waals surface area contributed by atoms with Gasteiger partial charge in [0.25, 0.3) is 0 Å². The number of aromatic nitrogens is 1. The number of hydrogen-bond donors (Lipinski definition) is 2. The first-order chi connectivity index (χ1) is 7.99. The zero-order chi connectivity index (χ0) is 12.6. The fraction of sp³-hybridized carbons (Fsp3) is 0.545. The van der Waals surface area contributed by atoms with Crippen LogP contribution >= 0.6 is 0 Å². The molecule has 92 valence electrons. The third-order valence-electron chi connectivity index (χ3n) is 2.81. The van der Waals surface area contributed by atoms with Crippen LogP contribution < -0.4 is 5.32 Å². The van der Waals surface area contributed by atoms with Gasteiger partial charge in [-0.15, -0.1) is 0 Å². The maximum atomic E-state index is 11.7. The van der Waals surface area contributed by atoms with Crippen molar-refractivity contribution in [3.63, 3.8) is 0 Å². The van der Waals surface area contributed by atoms with Crippen LogP contribution in [-0.2, 0) is 9.59 Å². The molecule has 0 saturated heterocycles. The molecule has 3 unspecified atom stereocenters. The molecule has 0 radical (unpaired) electrons. The number of amides is 1. The van der Waals surface area contributed by atoms with E-state index in [4.69, 9.17) is 9.52 Å². The van der Waals surface area contributed by atoms with Crippen molar-refractivity contribution in [3.05, 3.63) is 17.8 Å². The summed E-state index contributed by atoms with van der Waals surface area (Å²) >= 11 is 0. The third-order valence-corrected chi connectivity index (χ3v) is 2.81. The summed E-state index contributed by atoms with van der Waals surface area (Å²) in [5.41, 5.74) is 0. The molecule has 1 aliphatic rings. The molecule has 2 N–H and O–H groups in total. The standard InChI is InChI=1S/C11H14N2O4/c1-5-4-12-10(17-5)6(2)13-9(14)7-3-8(7)11(15)16/h4,6-8H,3H2,1-2H3,(H,13,14)(H,15,16). The Morgan fingerprint density at radius 3 is 2.76 bits per heavy atom. The van der Waals surface area contributed by atoms with E-state index < -0.39 is 17.8 Å². The third kappa shape index (κ3) is 2.46. The lowest BCUT2D eigenvalue weighted by atomic mass is 10.2. The monoisotopic (exact) mass is 238 g/mol. The molecule has 1 aliphatic carbocycles. The molecule has 1 amide bonds. The minimum Gasteiger partial charge on any atom is -0.481 e. The number of hydrogen-bond acceptors (Lipinski definition) is 4. The van der Waals surface area contributed by atoms with Crippen LogP contribution in [0, 0.1) is 18.8 Å². The first kappa shape index (κ1) is 11.6. The largest absolute Gasteiger partial charge is 0.481 e. The lowest BCUT2D eigenvalue weighted by molar-refractivity contribution is -0.140. The molecule has 0 bridgehead atoms. The number of aliphatic carboxylic acids is 1. The zero-order valence-corrected chi connectivity index (χ0v) is 9.64. The van der Waals surface area contributed by atoms with Crippen molar-refractivity contribution in [3.8, 4) is 0 Å². The van der Waals surface area contributed by atoms with Gasteiger partial charge in [0.1, 0.15) is 11.8 Å². The van der Waals surface area contributed by atoms with Crippen molar-refractivity contribution in [2.75, 3.05) is 0 Å². The first-order valence-corrected chi connectivity index (χ1v) is 5.44. The molecule has 0 aliphatic heterocycles. The van der Waals surface area contributed by atoms with E-state index in [1.54, 1.807) is 20.0 Å². The number of carboxylic acids is 1. The Labute approximate surface area is 98.0 Å². The van der Waals surface area contributed by atoms with Crippen LogP contribution in [0.3, 0.4) is 0 Å². The van der Waals surface area contributed by atoms with E-state index >= 15 is 0 Å². The molecule has 3 atom stereocenters. The van der Waals surface area contributed by atoms with E-state index in [0.717, 1.165) is 0 Å². The van der Waals surface area contributed by atoms with Gasteiger partial charge in [0, 0.05) is 0 Å².